The Bertz CT molecular complexity index is 782. The number of carbonyl (C=O) groups is 4. The molecule has 0 bridgehead atoms. The highest BCUT2D eigenvalue weighted by Crippen LogP contribution is 2.28. The van der Waals surface area contributed by atoms with E-state index < -0.39 is 54.5 Å². The lowest BCUT2D eigenvalue weighted by molar-refractivity contribution is -0.280. The van der Waals surface area contributed by atoms with Gasteiger partial charge in [-0.2, -0.15) is 0 Å². The van der Waals surface area contributed by atoms with Gasteiger partial charge in [-0.05, 0) is 5.56 Å². The number of carbonyl (C=O) groups excluding carboxylic acids is 4. The molecule has 0 aromatic heterocycles. The van der Waals surface area contributed by atoms with Crippen LogP contribution in [0.25, 0.3) is 0 Å². The van der Waals surface area contributed by atoms with Gasteiger partial charge in [-0.3, -0.25) is 19.2 Å². The van der Waals surface area contributed by atoms with Crippen molar-refractivity contribution in [2.24, 2.45) is 0 Å². The SMILES string of the molecule is CC(=O)NC1C(OC(C)=O)[C@@H](OC(C)=O)C(COC(C)=O)O[C@H]1OCc1ccccc1. The van der Waals surface area contributed by atoms with E-state index in [-0.39, 0.29) is 13.2 Å². The molecule has 1 aliphatic heterocycles. The number of benzene rings is 1. The lowest BCUT2D eigenvalue weighted by Crippen LogP contribution is -2.66. The zero-order valence-electron chi connectivity index (χ0n) is 17.9. The molecule has 1 aromatic rings. The number of ether oxygens (including phenoxy) is 5. The second kappa shape index (κ2) is 11.4. The Kier molecular flexibility index (Phi) is 8.95. The van der Waals surface area contributed by atoms with Crippen LogP contribution in [0.5, 0.6) is 0 Å². The number of hydrogen-bond acceptors (Lipinski definition) is 9. The summed E-state index contributed by atoms with van der Waals surface area (Å²) in [5.74, 6) is -2.32. The fourth-order valence-electron chi connectivity index (χ4n) is 3.19. The molecule has 10 nitrogen and oxygen atoms in total. The van der Waals surface area contributed by atoms with Gasteiger partial charge in [0.25, 0.3) is 0 Å². The summed E-state index contributed by atoms with van der Waals surface area (Å²) < 4.78 is 27.6. The van der Waals surface area contributed by atoms with E-state index in [4.69, 9.17) is 23.7 Å². The van der Waals surface area contributed by atoms with E-state index in [0.29, 0.717) is 0 Å². The van der Waals surface area contributed by atoms with E-state index in [1.54, 1.807) is 0 Å². The molecule has 5 atom stereocenters. The predicted molar refractivity (Wildman–Crippen MR) is 105 cm³/mol. The van der Waals surface area contributed by atoms with E-state index in [1.807, 2.05) is 30.3 Å². The largest absolute Gasteiger partial charge is 0.463 e. The van der Waals surface area contributed by atoms with Gasteiger partial charge in [0, 0.05) is 27.7 Å². The van der Waals surface area contributed by atoms with Crippen molar-refractivity contribution in [2.45, 2.75) is 64.9 Å². The number of rotatable bonds is 8. The van der Waals surface area contributed by atoms with Crippen molar-refractivity contribution in [1.82, 2.24) is 5.32 Å². The molecule has 1 aliphatic rings. The quantitative estimate of drug-likeness (QED) is 0.465. The van der Waals surface area contributed by atoms with Crippen molar-refractivity contribution in [2.75, 3.05) is 6.61 Å². The molecule has 3 unspecified atom stereocenters. The molecule has 1 heterocycles. The summed E-state index contributed by atoms with van der Waals surface area (Å²) in [6.07, 6.45) is -4.36. The molecule has 1 N–H and O–H groups in total. The van der Waals surface area contributed by atoms with Crippen LogP contribution >= 0.6 is 0 Å². The fraction of sp³-hybridized carbons (Fsp3) is 0.524. The first-order chi connectivity index (χ1) is 14.7. The molecule has 170 valence electrons. The van der Waals surface area contributed by atoms with Crippen molar-refractivity contribution < 1.29 is 42.9 Å². The zero-order chi connectivity index (χ0) is 23.0. The fourth-order valence-corrected chi connectivity index (χ4v) is 3.19. The number of hydrogen-bond donors (Lipinski definition) is 1. The minimum Gasteiger partial charge on any atom is -0.463 e. The van der Waals surface area contributed by atoms with Crippen molar-refractivity contribution >= 4 is 23.8 Å². The molecule has 0 spiro atoms. The van der Waals surface area contributed by atoms with Gasteiger partial charge in [0.05, 0.1) is 6.61 Å². The Morgan fingerprint density at radius 1 is 0.903 bits per heavy atom. The Labute approximate surface area is 180 Å². The van der Waals surface area contributed by atoms with Crippen LogP contribution in [0.4, 0.5) is 0 Å². The Balaban J connectivity index is 2.35. The van der Waals surface area contributed by atoms with Gasteiger partial charge in [0.2, 0.25) is 5.91 Å². The van der Waals surface area contributed by atoms with Crippen LogP contribution in [-0.4, -0.2) is 61.1 Å². The predicted octanol–water partition coefficient (Wildman–Crippen LogP) is 0.859. The second-order valence-corrected chi connectivity index (χ2v) is 7.02. The molecule has 0 radical (unpaired) electrons. The van der Waals surface area contributed by atoms with Crippen LogP contribution in [0.2, 0.25) is 0 Å². The van der Waals surface area contributed by atoms with Gasteiger partial charge in [0.15, 0.2) is 18.5 Å². The first-order valence-electron chi connectivity index (χ1n) is 9.73. The standard InChI is InChI=1S/C21H27NO9/c1-12(23)22-18-20(30-15(4)26)19(29-14(3)25)17(11-27-13(2)24)31-21(18)28-10-16-8-6-5-7-9-16/h5-9,17-21H,10-11H2,1-4H3,(H,22,23)/t17?,18?,19-,20?,21+/m0/s1. The highest BCUT2D eigenvalue weighted by atomic mass is 16.7. The summed E-state index contributed by atoms with van der Waals surface area (Å²) in [5.41, 5.74) is 0.843. The molecule has 31 heavy (non-hydrogen) atoms. The summed E-state index contributed by atoms with van der Waals surface area (Å²) in [7, 11) is 0. The average Bonchev–Trinajstić information content (AvgIpc) is 2.68. The lowest BCUT2D eigenvalue weighted by Gasteiger charge is -2.44. The monoisotopic (exact) mass is 437 g/mol. The molecular formula is C21H27NO9. The van der Waals surface area contributed by atoms with Gasteiger partial charge in [-0.1, -0.05) is 30.3 Å². The summed E-state index contributed by atoms with van der Waals surface area (Å²) in [6.45, 7) is 4.72. The molecule has 1 fully saturated rings. The first-order valence-corrected chi connectivity index (χ1v) is 9.73. The van der Waals surface area contributed by atoms with Gasteiger partial charge >= 0.3 is 17.9 Å². The number of nitrogens with one attached hydrogen (secondary N) is 1. The van der Waals surface area contributed by atoms with Crippen LogP contribution in [-0.2, 0) is 49.5 Å². The van der Waals surface area contributed by atoms with Crippen molar-refractivity contribution in [3.05, 3.63) is 35.9 Å². The van der Waals surface area contributed by atoms with Gasteiger partial charge in [-0.15, -0.1) is 0 Å². The summed E-state index contributed by atoms with van der Waals surface area (Å²) in [6, 6.07) is 8.25. The van der Waals surface area contributed by atoms with E-state index in [9.17, 15) is 19.2 Å². The third-order valence-electron chi connectivity index (χ3n) is 4.33. The maximum atomic E-state index is 11.8. The van der Waals surface area contributed by atoms with Gasteiger partial charge in [0.1, 0.15) is 18.8 Å². The summed E-state index contributed by atoms with van der Waals surface area (Å²) in [4.78, 5) is 46.7. The maximum absolute atomic E-state index is 11.8. The number of esters is 3. The van der Waals surface area contributed by atoms with Crippen LogP contribution in [0.1, 0.15) is 33.3 Å². The lowest BCUT2D eigenvalue weighted by atomic mass is 9.96. The number of amides is 1. The molecule has 2 rings (SSSR count). The Morgan fingerprint density at radius 2 is 1.52 bits per heavy atom. The smallest absolute Gasteiger partial charge is 0.303 e. The molecule has 0 saturated carbocycles. The first kappa shape index (κ1) is 24.3. The minimum absolute atomic E-state index is 0.132. The minimum atomic E-state index is -1.14. The Hall–Kier alpha value is -2.98. The van der Waals surface area contributed by atoms with E-state index in [1.165, 1.54) is 27.7 Å². The second-order valence-electron chi connectivity index (χ2n) is 7.02. The highest BCUT2D eigenvalue weighted by Gasteiger charge is 2.51. The molecule has 0 aliphatic carbocycles. The van der Waals surface area contributed by atoms with E-state index in [0.717, 1.165) is 5.56 Å². The Morgan fingerprint density at radius 3 is 2.06 bits per heavy atom. The van der Waals surface area contributed by atoms with Gasteiger partial charge < -0.3 is 29.0 Å². The van der Waals surface area contributed by atoms with Crippen LogP contribution in [0.3, 0.4) is 0 Å². The van der Waals surface area contributed by atoms with Crippen LogP contribution in [0, 0.1) is 0 Å². The van der Waals surface area contributed by atoms with Crippen molar-refractivity contribution in [1.29, 1.82) is 0 Å². The van der Waals surface area contributed by atoms with Crippen molar-refractivity contribution in [3.63, 3.8) is 0 Å². The van der Waals surface area contributed by atoms with Crippen molar-refractivity contribution in [3.8, 4) is 0 Å². The van der Waals surface area contributed by atoms with Crippen LogP contribution < -0.4 is 5.32 Å². The van der Waals surface area contributed by atoms with Gasteiger partial charge in [-0.25, -0.2) is 0 Å². The molecule has 1 saturated heterocycles. The highest BCUT2D eigenvalue weighted by molar-refractivity contribution is 5.73. The molecular weight excluding hydrogens is 410 g/mol. The van der Waals surface area contributed by atoms with Crippen LogP contribution in [0.15, 0.2) is 30.3 Å². The zero-order valence-corrected chi connectivity index (χ0v) is 17.9. The maximum Gasteiger partial charge on any atom is 0.303 e. The molecule has 1 amide bonds. The third-order valence-corrected chi connectivity index (χ3v) is 4.33. The topological polar surface area (TPSA) is 126 Å². The molecule has 10 heteroatoms. The normalized spacial score (nSPS) is 25.2. The van der Waals surface area contributed by atoms with E-state index >= 15 is 0 Å². The summed E-state index contributed by atoms with van der Waals surface area (Å²) in [5, 5.41) is 2.65. The third kappa shape index (κ3) is 7.65. The average molecular weight is 437 g/mol. The summed E-state index contributed by atoms with van der Waals surface area (Å²) >= 11 is 0. The molecule has 1 aromatic carbocycles. The van der Waals surface area contributed by atoms with E-state index in [2.05, 4.69) is 5.32 Å².